The van der Waals surface area contributed by atoms with Crippen molar-refractivity contribution >= 4 is 17.7 Å². The average Bonchev–Trinajstić information content (AvgIpc) is 2.37. The predicted molar refractivity (Wildman–Crippen MR) is 74.3 cm³/mol. The van der Waals surface area contributed by atoms with Crippen molar-refractivity contribution in [2.45, 2.75) is 36.8 Å². The van der Waals surface area contributed by atoms with Crippen LogP contribution in [0, 0.1) is 0 Å². The molecule has 0 radical (unpaired) electrons. The quantitative estimate of drug-likeness (QED) is 0.606. The second kappa shape index (κ2) is 6.14. The molecular formula is C14H20O3S. The zero-order valence-electron chi connectivity index (χ0n) is 11.6. The SMILES string of the molecule is CCc1ccc(OC)c(SC(C)(C)C(=O)OC)c1. The molecule has 1 aromatic rings. The van der Waals surface area contributed by atoms with Crippen molar-refractivity contribution in [2.24, 2.45) is 0 Å². The minimum atomic E-state index is -0.631. The molecule has 1 aromatic carbocycles. The first-order valence-corrected chi connectivity index (χ1v) is 6.70. The summed E-state index contributed by atoms with van der Waals surface area (Å²) in [7, 11) is 3.04. The molecule has 0 fully saturated rings. The summed E-state index contributed by atoms with van der Waals surface area (Å²) in [4.78, 5) is 12.7. The van der Waals surface area contributed by atoms with Gasteiger partial charge in [-0.15, -0.1) is 11.8 Å². The maximum absolute atomic E-state index is 11.7. The summed E-state index contributed by atoms with van der Waals surface area (Å²) in [6.45, 7) is 5.80. The number of esters is 1. The van der Waals surface area contributed by atoms with Crippen molar-refractivity contribution in [3.05, 3.63) is 23.8 Å². The van der Waals surface area contributed by atoms with Crippen molar-refractivity contribution in [3.63, 3.8) is 0 Å². The van der Waals surface area contributed by atoms with Crippen molar-refractivity contribution in [2.75, 3.05) is 14.2 Å². The Hall–Kier alpha value is -1.16. The summed E-state index contributed by atoms with van der Waals surface area (Å²) in [6.07, 6.45) is 0.955. The van der Waals surface area contributed by atoms with Crippen LogP contribution in [0.5, 0.6) is 5.75 Å². The molecule has 0 N–H and O–H groups in total. The molecule has 4 heteroatoms. The van der Waals surface area contributed by atoms with Crippen LogP contribution in [0.1, 0.15) is 26.3 Å². The molecule has 100 valence electrons. The third kappa shape index (κ3) is 3.42. The van der Waals surface area contributed by atoms with Gasteiger partial charge in [0.1, 0.15) is 10.5 Å². The van der Waals surface area contributed by atoms with E-state index >= 15 is 0 Å². The van der Waals surface area contributed by atoms with Gasteiger partial charge in [0.25, 0.3) is 0 Å². The smallest absolute Gasteiger partial charge is 0.321 e. The normalized spacial score (nSPS) is 11.2. The molecule has 0 aromatic heterocycles. The Morgan fingerprint density at radius 1 is 1.33 bits per heavy atom. The van der Waals surface area contributed by atoms with Crippen LogP contribution in [0.25, 0.3) is 0 Å². The van der Waals surface area contributed by atoms with Gasteiger partial charge in [-0.2, -0.15) is 0 Å². The van der Waals surface area contributed by atoms with Crippen LogP contribution in [0.15, 0.2) is 23.1 Å². The average molecular weight is 268 g/mol. The number of thioether (sulfide) groups is 1. The van der Waals surface area contributed by atoms with Crippen LogP contribution < -0.4 is 4.74 Å². The summed E-state index contributed by atoms with van der Waals surface area (Å²) >= 11 is 1.46. The Bertz CT molecular complexity index is 427. The zero-order chi connectivity index (χ0) is 13.8. The number of ether oxygens (including phenoxy) is 2. The van der Waals surface area contributed by atoms with E-state index in [1.807, 2.05) is 26.0 Å². The molecule has 0 amide bonds. The minimum absolute atomic E-state index is 0.239. The first kappa shape index (κ1) is 14.9. The van der Waals surface area contributed by atoms with Crippen LogP contribution in [-0.4, -0.2) is 24.9 Å². The highest BCUT2D eigenvalue weighted by molar-refractivity contribution is 8.01. The van der Waals surface area contributed by atoms with E-state index in [2.05, 4.69) is 13.0 Å². The van der Waals surface area contributed by atoms with Crippen LogP contribution in [0.4, 0.5) is 0 Å². The predicted octanol–water partition coefficient (Wildman–Crippen LogP) is 3.30. The van der Waals surface area contributed by atoms with Gasteiger partial charge in [0.05, 0.1) is 19.1 Å². The van der Waals surface area contributed by atoms with Crippen LogP contribution in [-0.2, 0) is 16.0 Å². The van der Waals surface area contributed by atoms with E-state index in [1.54, 1.807) is 7.11 Å². The number of carbonyl (C=O) groups excluding carboxylic acids is 1. The molecule has 0 bridgehead atoms. The molecule has 0 aliphatic carbocycles. The van der Waals surface area contributed by atoms with E-state index in [0.717, 1.165) is 17.1 Å². The lowest BCUT2D eigenvalue weighted by atomic mass is 10.2. The second-order valence-electron chi connectivity index (χ2n) is 4.44. The van der Waals surface area contributed by atoms with Crippen molar-refractivity contribution in [1.82, 2.24) is 0 Å². The van der Waals surface area contributed by atoms with Crippen molar-refractivity contribution < 1.29 is 14.3 Å². The van der Waals surface area contributed by atoms with E-state index in [9.17, 15) is 4.79 Å². The highest BCUT2D eigenvalue weighted by Crippen LogP contribution is 2.39. The van der Waals surface area contributed by atoms with Crippen molar-refractivity contribution in [3.8, 4) is 5.75 Å². The third-order valence-corrected chi connectivity index (χ3v) is 3.89. The molecule has 3 nitrogen and oxygen atoms in total. The highest BCUT2D eigenvalue weighted by Gasteiger charge is 2.31. The van der Waals surface area contributed by atoms with Gasteiger partial charge >= 0.3 is 5.97 Å². The fraction of sp³-hybridized carbons (Fsp3) is 0.500. The summed E-state index contributed by atoms with van der Waals surface area (Å²) in [5.41, 5.74) is 1.22. The Balaban J connectivity index is 3.05. The number of carbonyl (C=O) groups is 1. The van der Waals surface area contributed by atoms with Gasteiger partial charge in [-0.25, -0.2) is 0 Å². The number of benzene rings is 1. The van der Waals surface area contributed by atoms with E-state index in [0.29, 0.717) is 0 Å². The van der Waals surface area contributed by atoms with Gasteiger partial charge < -0.3 is 9.47 Å². The molecule has 18 heavy (non-hydrogen) atoms. The molecule has 0 atom stereocenters. The van der Waals surface area contributed by atoms with Crippen LogP contribution in [0.2, 0.25) is 0 Å². The Morgan fingerprint density at radius 3 is 2.50 bits per heavy atom. The molecule has 0 aliphatic heterocycles. The van der Waals surface area contributed by atoms with E-state index in [1.165, 1.54) is 24.4 Å². The number of hydrogen-bond acceptors (Lipinski definition) is 4. The molecular weight excluding hydrogens is 248 g/mol. The van der Waals surface area contributed by atoms with Gasteiger partial charge in [-0.05, 0) is 38.0 Å². The Labute approximate surface area is 113 Å². The van der Waals surface area contributed by atoms with Gasteiger partial charge in [0.15, 0.2) is 0 Å². The summed E-state index contributed by atoms with van der Waals surface area (Å²) < 4.78 is 9.52. The maximum Gasteiger partial charge on any atom is 0.321 e. The number of hydrogen-bond donors (Lipinski definition) is 0. The largest absolute Gasteiger partial charge is 0.496 e. The highest BCUT2D eigenvalue weighted by atomic mass is 32.2. The number of aryl methyl sites for hydroxylation is 1. The van der Waals surface area contributed by atoms with Gasteiger partial charge in [0.2, 0.25) is 0 Å². The first-order chi connectivity index (χ1) is 8.44. The van der Waals surface area contributed by atoms with Crippen molar-refractivity contribution in [1.29, 1.82) is 0 Å². The monoisotopic (exact) mass is 268 g/mol. The van der Waals surface area contributed by atoms with E-state index in [4.69, 9.17) is 9.47 Å². The van der Waals surface area contributed by atoms with Crippen LogP contribution >= 0.6 is 11.8 Å². The fourth-order valence-corrected chi connectivity index (χ4v) is 2.76. The zero-order valence-corrected chi connectivity index (χ0v) is 12.4. The lowest BCUT2D eigenvalue weighted by Gasteiger charge is -2.22. The summed E-state index contributed by atoms with van der Waals surface area (Å²) in [6, 6.07) is 6.04. The number of methoxy groups -OCH3 is 2. The Kier molecular flexibility index (Phi) is 5.08. The van der Waals surface area contributed by atoms with E-state index < -0.39 is 4.75 Å². The van der Waals surface area contributed by atoms with Gasteiger partial charge in [-0.3, -0.25) is 4.79 Å². The number of rotatable bonds is 5. The Morgan fingerprint density at radius 2 is 2.00 bits per heavy atom. The van der Waals surface area contributed by atoms with Crippen LogP contribution in [0.3, 0.4) is 0 Å². The van der Waals surface area contributed by atoms with E-state index in [-0.39, 0.29) is 5.97 Å². The lowest BCUT2D eigenvalue weighted by Crippen LogP contribution is -2.28. The molecule has 0 heterocycles. The second-order valence-corrected chi connectivity index (χ2v) is 6.11. The topological polar surface area (TPSA) is 35.5 Å². The molecule has 0 saturated heterocycles. The van der Waals surface area contributed by atoms with Gasteiger partial charge in [-0.1, -0.05) is 13.0 Å². The standard InChI is InChI=1S/C14H20O3S/c1-6-10-7-8-11(16-4)12(9-10)18-14(2,3)13(15)17-5/h7-9H,6H2,1-5H3. The minimum Gasteiger partial charge on any atom is -0.496 e. The molecule has 0 saturated carbocycles. The summed E-state index contributed by atoms with van der Waals surface area (Å²) in [5, 5.41) is 0. The first-order valence-electron chi connectivity index (χ1n) is 5.89. The molecule has 0 spiro atoms. The van der Waals surface area contributed by atoms with Gasteiger partial charge in [0, 0.05) is 0 Å². The fourth-order valence-electron chi connectivity index (χ4n) is 1.58. The summed E-state index contributed by atoms with van der Waals surface area (Å²) in [5.74, 6) is 0.547. The molecule has 0 aliphatic rings. The third-order valence-electron chi connectivity index (χ3n) is 2.68. The molecule has 1 rings (SSSR count). The lowest BCUT2D eigenvalue weighted by molar-refractivity contribution is -0.142. The maximum atomic E-state index is 11.7. The molecule has 0 unspecified atom stereocenters.